The number of rotatable bonds is 9. The monoisotopic (exact) mass is 245 g/mol. The third-order valence-corrected chi connectivity index (χ3v) is 2.09. The van der Waals surface area contributed by atoms with Crippen LogP contribution in [-0.2, 0) is 4.74 Å². The Kier molecular flexibility index (Phi) is 11.1. The van der Waals surface area contributed by atoms with Crippen LogP contribution in [0, 0.1) is 5.92 Å². The number of nitrogens with one attached hydrogen (secondary N) is 2. The Balaban J connectivity index is 3.54. The molecule has 5 heteroatoms. The molecule has 0 aromatic carbocycles. The summed E-state index contributed by atoms with van der Waals surface area (Å²) in [5, 5.41) is 14.9. The van der Waals surface area contributed by atoms with Crippen LogP contribution in [0.5, 0.6) is 0 Å². The fraction of sp³-hybridized carbons (Fsp3) is 0.917. The van der Waals surface area contributed by atoms with Gasteiger partial charge in [0.2, 0.25) is 0 Å². The summed E-state index contributed by atoms with van der Waals surface area (Å²) in [7, 11) is 0. The van der Waals surface area contributed by atoms with Crippen LogP contribution in [0.2, 0.25) is 0 Å². The smallest absolute Gasteiger partial charge is 0.191 e. The van der Waals surface area contributed by atoms with Crippen LogP contribution in [0.25, 0.3) is 0 Å². The molecule has 0 spiro atoms. The molecule has 0 aliphatic carbocycles. The summed E-state index contributed by atoms with van der Waals surface area (Å²) < 4.78 is 5.48. The normalized spacial score (nSPS) is 11.9. The lowest BCUT2D eigenvalue weighted by molar-refractivity contribution is 0.128. The van der Waals surface area contributed by atoms with E-state index in [4.69, 9.17) is 9.84 Å². The molecule has 0 heterocycles. The molecule has 0 unspecified atom stereocenters. The van der Waals surface area contributed by atoms with Crippen molar-refractivity contribution in [1.29, 1.82) is 0 Å². The molecule has 0 amide bonds. The zero-order chi connectivity index (χ0) is 12.9. The van der Waals surface area contributed by atoms with Crippen LogP contribution in [0.3, 0.4) is 0 Å². The molecule has 0 rings (SSSR count). The molecule has 0 aromatic heterocycles. The number of aliphatic hydroxyl groups is 1. The Morgan fingerprint density at radius 2 is 2.06 bits per heavy atom. The average molecular weight is 245 g/mol. The molecular formula is C12H27N3O2. The average Bonchev–Trinajstić information content (AvgIpc) is 2.29. The van der Waals surface area contributed by atoms with Crippen molar-refractivity contribution in [2.45, 2.75) is 27.2 Å². The Morgan fingerprint density at radius 3 is 2.65 bits per heavy atom. The molecule has 0 saturated carbocycles. The van der Waals surface area contributed by atoms with E-state index in [0.29, 0.717) is 19.1 Å². The fourth-order valence-electron chi connectivity index (χ4n) is 1.17. The van der Waals surface area contributed by atoms with E-state index >= 15 is 0 Å². The van der Waals surface area contributed by atoms with E-state index in [0.717, 1.165) is 32.1 Å². The van der Waals surface area contributed by atoms with Crippen LogP contribution < -0.4 is 10.6 Å². The minimum absolute atomic E-state index is 0.0709. The van der Waals surface area contributed by atoms with Gasteiger partial charge in [-0.25, -0.2) is 0 Å². The number of nitrogens with zero attached hydrogens (tertiary/aromatic N) is 1. The summed E-state index contributed by atoms with van der Waals surface area (Å²) in [6, 6.07) is 0. The van der Waals surface area contributed by atoms with Crippen molar-refractivity contribution >= 4 is 5.96 Å². The van der Waals surface area contributed by atoms with Crippen molar-refractivity contribution in [3.8, 4) is 0 Å². The summed E-state index contributed by atoms with van der Waals surface area (Å²) in [5.74, 6) is 1.42. The minimum Gasteiger partial charge on any atom is -0.394 e. The van der Waals surface area contributed by atoms with E-state index in [1.165, 1.54) is 0 Å². The molecule has 3 N–H and O–H groups in total. The topological polar surface area (TPSA) is 65.9 Å². The standard InChI is InChI=1S/C12H27N3O2/c1-4-13-12(14-6-8-16)15-7-10-17-9-5-11(2)3/h11,16H,4-10H2,1-3H3,(H2,13,14,15). The highest BCUT2D eigenvalue weighted by Crippen LogP contribution is 1.98. The quantitative estimate of drug-likeness (QED) is 0.316. The first kappa shape index (κ1) is 16.2. The minimum atomic E-state index is 0.0709. The van der Waals surface area contributed by atoms with Gasteiger partial charge in [0.25, 0.3) is 0 Å². The lowest BCUT2D eigenvalue weighted by Gasteiger charge is -2.11. The van der Waals surface area contributed by atoms with Crippen LogP contribution in [0.4, 0.5) is 0 Å². The molecule has 0 aliphatic rings. The van der Waals surface area contributed by atoms with Crippen molar-refractivity contribution in [1.82, 2.24) is 10.6 Å². The molecule has 5 nitrogen and oxygen atoms in total. The van der Waals surface area contributed by atoms with Gasteiger partial charge in [-0.3, -0.25) is 4.99 Å². The highest BCUT2D eigenvalue weighted by molar-refractivity contribution is 5.79. The van der Waals surface area contributed by atoms with E-state index < -0.39 is 0 Å². The number of aliphatic imine (C=N–C) groups is 1. The van der Waals surface area contributed by atoms with Crippen molar-refractivity contribution in [3.63, 3.8) is 0 Å². The second kappa shape index (κ2) is 11.7. The number of hydrogen-bond donors (Lipinski definition) is 3. The summed E-state index contributed by atoms with van der Waals surface area (Å²) in [4.78, 5) is 4.17. The van der Waals surface area contributed by atoms with Crippen LogP contribution in [-0.4, -0.2) is 50.5 Å². The van der Waals surface area contributed by atoms with Crippen LogP contribution in [0.15, 0.2) is 4.99 Å². The number of hydrogen-bond acceptors (Lipinski definition) is 3. The highest BCUT2D eigenvalue weighted by atomic mass is 16.5. The Bertz CT molecular complexity index is 196. The Labute approximate surface area is 105 Å². The second-order valence-electron chi connectivity index (χ2n) is 4.21. The zero-order valence-electron chi connectivity index (χ0n) is 11.3. The fourth-order valence-corrected chi connectivity index (χ4v) is 1.17. The van der Waals surface area contributed by atoms with Crippen LogP contribution in [0.1, 0.15) is 27.2 Å². The maximum absolute atomic E-state index is 8.69. The lowest BCUT2D eigenvalue weighted by Crippen LogP contribution is -2.39. The molecular weight excluding hydrogens is 218 g/mol. The van der Waals surface area contributed by atoms with E-state index in [2.05, 4.69) is 29.5 Å². The van der Waals surface area contributed by atoms with Gasteiger partial charge in [-0.05, 0) is 19.3 Å². The number of aliphatic hydroxyl groups excluding tert-OH is 1. The second-order valence-corrected chi connectivity index (χ2v) is 4.21. The van der Waals surface area contributed by atoms with Crippen molar-refractivity contribution in [2.24, 2.45) is 10.9 Å². The first-order valence-electron chi connectivity index (χ1n) is 6.41. The Morgan fingerprint density at radius 1 is 1.29 bits per heavy atom. The van der Waals surface area contributed by atoms with E-state index in [1.807, 2.05) is 6.92 Å². The van der Waals surface area contributed by atoms with Crippen LogP contribution >= 0.6 is 0 Å². The largest absolute Gasteiger partial charge is 0.394 e. The van der Waals surface area contributed by atoms with E-state index in [1.54, 1.807) is 0 Å². The molecule has 0 aromatic rings. The third kappa shape index (κ3) is 11.5. The molecule has 0 bridgehead atoms. The molecule has 0 radical (unpaired) electrons. The van der Waals surface area contributed by atoms with E-state index in [-0.39, 0.29) is 6.61 Å². The van der Waals surface area contributed by atoms with Gasteiger partial charge in [0, 0.05) is 19.7 Å². The van der Waals surface area contributed by atoms with Gasteiger partial charge in [0.05, 0.1) is 19.8 Å². The van der Waals surface area contributed by atoms with Crippen molar-refractivity contribution in [2.75, 3.05) is 39.5 Å². The molecule has 0 atom stereocenters. The van der Waals surface area contributed by atoms with Crippen molar-refractivity contribution < 1.29 is 9.84 Å². The summed E-state index contributed by atoms with van der Waals surface area (Å²) in [6.07, 6.45) is 1.10. The lowest BCUT2D eigenvalue weighted by atomic mass is 10.1. The van der Waals surface area contributed by atoms with Crippen molar-refractivity contribution in [3.05, 3.63) is 0 Å². The molecule has 0 saturated heterocycles. The van der Waals surface area contributed by atoms with Gasteiger partial charge in [0.15, 0.2) is 5.96 Å². The van der Waals surface area contributed by atoms with Gasteiger partial charge < -0.3 is 20.5 Å². The molecule has 0 aliphatic heterocycles. The SMILES string of the molecule is CCNC(=NCCO)NCCOCCC(C)C. The highest BCUT2D eigenvalue weighted by Gasteiger charge is 1.97. The maximum Gasteiger partial charge on any atom is 0.191 e. The van der Waals surface area contributed by atoms with Gasteiger partial charge in [0.1, 0.15) is 0 Å². The maximum atomic E-state index is 8.69. The summed E-state index contributed by atoms with van der Waals surface area (Å²) in [5.41, 5.74) is 0. The summed E-state index contributed by atoms with van der Waals surface area (Å²) in [6.45, 7) is 9.90. The number of guanidine groups is 1. The third-order valence-electron chi connectivity index (χ3n) is 2.09. The van der Waals surface area contributed by atoms with Gasteiger partial charge in [-0.1, -0.05) is 13.8 Å². The first-order chi connectivity index (χ1) is 8.20. The van der Waals surface area contributed by atoms with Gasteiger partial charge >= 0.3 is 0 Å². The van der Waals surface area contributed by atoms with E-state index in [9.17, 15) is 0 Å². The first-order valence-corrected chi connectivity index (χ1v) is 6.41. The van der Waals surface area contributed by atoms with Gasteiger partial charge in [-0.15, -0.1) is 0 Å². The molecule has 0 fully saturated rings. The molecule has 102 valence electrons. The summed E-state index contributed by atoms with van der Waals surface area (Å²) >= 11 is 0. The van der Waals surface area contributed by atoms with Gasteiger partial charge in [-0.2, -0.15) is 0 Å². The number of ether oxygens (including phenoxy) is 1. The zero-order valence-corrected chi connectivity index (χ0v) is 11.3. The predicted molar refractivity (Wildman–Crippen MR) is 71.3 cm³/mol. The predicted octanol–water partition coefficient (Wildman–Crippen LogP) is 0.597. The molecule has 17 heavy (non-hydrogen) atoms. The Hall–Kier alpha value is -0.810.